The first-order valence-electron chi connectivity index (χ1n) is 7.04. The molecule has 2 aromatic carbocycles. The summed E-state index contributed by atoms with van der Waals surface area (Å²) in [5.41, 5.74) is 4.92. The number of thiophene rings is 1. The summed E-state index contributed by atoms with van der Waals surface area (Å²) in [7, 11) is 0. The molecule has 4 rings (SSSR count). The van der Waals surface area contributed by atoms with Crippen LogP contribution in [0.5, 0.6) is 0 Å². The number of para-hydroxylation sites is 1. The highest BCUT2D eigenvalue weighted by Gasteiger charge is 2.26. The van der Waals surface area contributed by atoms with E-state index >= 15 is 0 Å². The maximum atomic E-state index is 4.23. The smallest absolute Gasteiger partial charge is 0.0607 e. The quantitative estimate of drug-likeness (QED) is 0.591. The maximum Gasteiger partial charge on any atom is 0.0607 e. The maximum absolute atomic E-state index is 4.23. The molecular formula is C19H15NS. The number of nitrogens with zero attached hydrogens (tertiary/aromatic N) is 1. The van der Waals surface area contributed by atoms with Crippen molar-refractivity contribution in [1.82, 2.24) is 0 Å². The molecule has 0 spiro atoms. The predicted molar refractivity (Wildman–Crippen MR) is 91.2 cm³/mol. The van der Waals surface area contributed by atoms with Crippen LogP contribution in [0, 0.1) is 0 Å². The first kappa shape index (κ1) is 12.4. The molecule has 0 fully saturated rings. The molecule has 2 heteroatoms. The summed E-state index contributed by atoms with van der Waals surface area (Å²) in [6, 6.07) is 23.3. The minimum atomic E-state index is 0.946. The molecule has 1 nitrogen and oxygen atoms in total. The lowest BCUT2D eigenvalue weighted by Crippen LogP contribution is -2.09. The van der Waals surface area contributed by atoms with Crippen molar-refractivity contribution < 1.29 is 0 Å². The third kappa shape index (κ3) is 2.08. The SMILES string of the molecule is C=C1Cc2sc(-c3ccccc3)cc2N1c1ccccc1. The summed E-state index contributed by atoms with van der Waals surface area (Å²) >= 11 is 1.87. The standard InChI is InChI=1S/C19H15NS/c1-14-12-19-17(20(14)16-10-6-3-7-11-16)13-18(21-19)15-8-4-2-5-9-15/h2-11,13H,1,12H2. The number of allylic oxidation sites excluding steroid dienone is 1. The minimum absolute atomic E-state index is 0.946. The Balaban J connectivity index is 1.79. The van der Waals surface area contributed by atoms with E-state index in [0.29, 0.717) is 0 Å². The normalized spacial score (nSPS) is 13.5. The third-order valence-electron chi connectivity index (χ3n) is 3.78. The number of benzene rings is 2. The lowest BCUT2D eigenvalue weighted by molar-refractivity contribution is 1.17. The highest BCUT2D eigenvalue weighted by molar-refractivity contribution is 7.16. The number of anilines is 2. The van der Waals surface area contributed by atoms with Crippen molar-refractivity contribution in [3.8, 4) is 10.4 Å². The van der Waals surface area contributed by atoms with Gasteiger partial charge in [0.25, 0.3) is 0 Å². The lowest BCUT2D eigenvalue weighted by Gasteiger charge is -2.20. The largest absolute Gasteiger partial charge is 0.313 e. The molecule has 0 atom stereocenters. The van der Waals surface area contributed by atoms with Gasteiger partial charge in [0.1, 0.15) is 0 Å². The molecule has 0 saturated heterocycles. The first-order chi connectivity index (χ1) is 10.3. The van der Waals surface area contributed by atoms with Gasteiger partial charge >= 0.3 is 0 Å². The number of hydrogen-bond acceptors (Lipinski definition) is 2. The van der Waals surface area contributed by atoms with Crippen LogP contribution >= 0.6 is 11.3 Å². The van der Waals surface area contributed by atoms with Crippen molar-refractivity contribution in [1.29, 1.82) is 0 Å². The average molecular weight is 289 g/mol. The molecule has 1 aliphatic heterocycles. The molecule has 0 unspecified atom stereocenters. The van der Waals surface area contributed by atoms with E-state index in [1.165, 1.54) is 26.7 Å². The van der Waals surface area contributed by atoms with Crippen molar-refractivity contribution in [2.24, 2.45) is 0 Å². The zero-order chi connectivity index (χ0) is 14.2. The van der Waals surface area contributed by atoms with Gasteiger partial charge in [0.15, 0.2) is 0 Å². The molecule has 0 radical (unpaired) electrons. The second kappa shape index (κ2) is 4.90. The zero-order valence-electron chi connectivity index (χ0n) is 11.6. The number of rotatable bonds is 2. The highest BCUT2D eigenvalue weighted by Crippen LogP contribution is 2.46. The van der Waals surface area contributed by atoms with Crippen LogP contribution in [0.15, 0.2) is 79.0 Å². The molecule has 1 aromatic heterocycles. The monoisotopic (exact) mass is 289 g/mol. The fraction of sp³-hybridized carbons (Fsp3) is 0.0526. The van der Waals surface area contributed by atoms with Crippen LogP contribution in [0.4, 0.5) is 11.4 Å². The fourth-order valence-corrected chi connectivity index (χ4v) is 4.00. The molecule has 21 heavy (non-hydrogen) atoms. The Kier molecular flexibility index (Phi) is 2.90. The van der Waals surface area contributed by atoms with Gasteiger partial charge in [-0.1, -0.05) is 55.1 Å². The molecule has 2 heterocycles. The van der Waals surface area contributed by atoms with Gasteiger partial charge in [-0.05, 0) is 23.8 Å². The van der Waals surface area contributed by atoms with Crippen LogP contribution in [0.2, 0.25) is 0 Å². The molecule has 0 saturated carbocycles. The van der Waals surface area contributed by atoms with Crippen molar-refractivity contribution in [3.05, 3.63) is 83.9 Å². The predicted octanol–water partition coefficient (Wildman–Crippen LogP) is 5.62. The molecule has 0 N–H and O–H groups in total. The van der Waals surface area contributed by atoms with Gasteiger partial charge in [0.2, 0.25) is 0 Å². The minimum Gasteiger partial charge on any atom is -0.313 e. The summed E-state index contributed by atoms with van der Waals surface area (Å²) < 4.78 is 0. The van der Waals surface area contributed by atoms with E-state index in [1.54, 1.807) is 0 Å². The van der Waals surface area contributed by atoms with Crippen LogP contribution in [0.3, 0.4) is 0 Å². The Labute approximate surface area is 128 Å². The van der Waals surface area contributed by atoms with E-state index in [1.807, 2.05) is 17.4 Å². The van der Waals surface area contributed by atoms with E-state index < -0.39 is 0 Å². The Morgan fingerprint density at radius 1 is 0.905 bits per heavy atom. The van der Waals surface area contributed by atoms with Crippen LogP contribution in [-0.2, 0) is 6.42 Å². The van der Waals surface area contributed by atoms with Crippen molar-refractivity contribution in [2.45, 2.75) is 6.42 Å². The Bertz CT molecular complexity index is 787. The van der Waals surface area contributed by atoms with Crippen molar-refractivity contribution in [2.75, 3.05) is 4.90 Å². The highest BCUT2D eigenvalue weighted by atomic mass is 32.1. The van der Waals surface area contributed by atoms with Gasteiger partial charge in [-0.25, -0.2) is 0 Å². The van der Waals surface area contributed by atoms with Crippen molar-refractivity contribution in [3.63, 3.8) is 0 Å². The summed E-state index contributed by atoms with van der Waals surface area (Å²) in [5, 5.41) is 0. The molecule has 0 bridgehead atoms. The van der Waals surface area contributed by atoms with E-state index in [9.17, 15) is 0 Å². The van der Waals surface area contributed by atoms with Gasteiger partial charge in [-0.2, -0.15) is 0 Å². The lowest BCUT2D eigenvalue weighted by atomic mass is 10.2. The molecule has 1 aliphatic rings. The van der Waals surface area contributed by atoms with Crippen LogP contribution < -0.4 is 4.90 Å². The molecular weight excluding hydrogens is 274 g/mol. The Morgan fingerprint density at radius 2 is 1.57 bits per heavy atom. The second-order valence-corrected chi connectivity index (χ2v) is 6.34. The van der Waals surface area contributed by atoms with Gasteiger partial charge in [0.05, 0.1) is 5.69 Å². The summed E-state index contributed by atoms with van der Waals surface area (Å²) in [6.07, 6.45) is 0.946. The second-order valence-electron chi connectivity index (χ2n) is 5.20. The molecule has 0 amide bonds. The van der Waals surface area contributed by atoms with E-state index in [-0.39, 0.29) is 0 Å². The molecule has 102 valence electrons. The average Bonchev–Trinajstić information content (AvgIpc) is 3.05. The van der Waals surface area contributed by atoms with Crippen LogP contribution in [-0.4, -0.2) is 0 Å². The number of fused-ring (bicyclic) bond motifs is 1. The Hall–Kier alpha value is -2.32. The van der Waals surface area contributed by atoms with Crippen LogP contribution in [0.1, 0.15) is 4.88 Å². The van der Waals surface area contributed by atoms with Gasteiger partial charge in [-0.3, -0.25) is 0 Å². The van der Waals surface area contributed by atoms with E-state index in [0.717, 1.165) is 12.1 Å². The summed E-state index contributed by atoms with van der Waals surface area (Å²) in [5.74, 6) is 0. The van der Waals surface area contributed by atoms with E-state index in [4.69, 9.17) is 0 Å². The third-order valence-corrected chi connectivity index (χ3v) is 4.95. The van der Waals surface area contributed by atoms with Gasteiger partial charge in [0, 0.05) is 27.6 Å². The molecule has 3 aromatic rings. The summed E-state index contributed by atoms with van der Waals surface area (Å²) in [4.78, 5) is 5.01. The molecule has 0 aliphatic carbocycles. The Morgan fingerprint density at radius 3 is 2.29 bits per heavy atom. The van der Waals surface area contributed by atoms with Crippen LogP contribution in [0.25, 0.3) is 10.4 Å². The summed E-state index contributed by atoms with van der Waals surface area (Å²) in [6.45, 7) is 4.23. The number of hydrogen-bond donors (Lipinski definition) is 0. The topological polar surface area (TPSA) is 3.24 Å². The van der Waals surface area contributed by atoms with Crippen molar-refractivity contribution >= 4 is 22.7 Å². The first-order valence-corrected chi connectivity index (χ1v) is 7.85. The van der Waals surface area contributed by atoms with Gasteiger partial charge in [-0.15, -0.1) is 11.3 Å². The zero-order valence-corrected chi connectivity index (χ0v) is 12.4. The fourth-order valence-electron chi connectivity index (χ4n) is 2.81. The van der Waals surface area contributed by atoms with Gasteiger partial charge < -0.3 is 4.90 Å². The van der Waals surface area contributed by atoms with E-state index in [2.05, 4.69) is 72.1 Å².